The molecule has 0 aliphatic carbocycles. The molecule has 0 bridgehead atoms. The van der Waals surface area contributed by atoms with Crippen molar-refractivity contribution in [2.24, 2.45) is 7.05 Å². The number of hydrogen-bond donors (Lipinski definition) is 2. The third-order valence-electron chi connectivity index (χ3n) is 3.94. The van der Waals surface area contributed by atoms with Gasteiger partial charge in [-0.3, -0.25) is 24.2 Å². The predicted octanol–water partition coefficient (Wildman–Crippen LogP) is 1.48. The molecule has 1 aromatic carbocycles. The zero-order valence-corrected chi connectivity index (χ0v) is 14.6. The zero-order valence-electron chi connectivity index (χ0n) is 13.8. The van der Waals surface area contributed by atoms with Gasteiger partial charge in [-0.2, -0.15) is 0 Å². The molecule has 2 N–H and O–H groups in total. The van der Waals surface area contributed by atoms with Crippen LogP contribution in [0.1, 0.15) is 6.92 Å². The highest BCUT2D eigenvalue weighted by molar-refractivity contribution is 6.30. The first-order valence-electron chi connectivity index (χ1n) is 7.71. The van der Waals surface area contributed by atoms with Crippen molar-refractivity contribution in [2.75, 3.05) is 6.54 Å². The molecule has 0 fully saturated rings. The lowest BCUT2D eigenvalue weighted by Crippen LogP contribution is -2.30. The first-order chi connectivity index (χ1) is 11.9. The third kappa shape index (κ3) is 3.23. The quantitative estimate of drug-likeness (QED) is 0.738. The summed E-state index contributed by atoms with van der Waals surface area (Å²) in [5, 5.41) is 6.54. The number of nitrogens with one attached hydrogen (secondary N) is 2. The number of rotatable bonds is 4. The lowest BCUT2D eigenvalue weighted by atomic mass is 10.1. The number of halogens is 1. The summed E-state index contributed by atoms with van der Waals surface area (Å²) in [7, 11) is 1.60. The molecule has 3 aromatic rings. The molecule has 7 nitrogen and oxygen atoms in total. The van der Waals surface area contributed by atoms with E-state index in [4.69, 9.17) is 11.6 Å². The average molecular weight is 361 g/mol. The van der Waals surface area contributed by atoms with Crippen LogP contribution in [-0.2, 0) is 18.4 Å². The van der Waals surface area contributed by atoms with Gasteiger partial charge in [-0.05, 0) is 17.7 Å². The Balaban J connectivity index is 2.27. The van der Waals surface area contributed by atoms with E-state index in [-0.39, 0.29) is 30.1 Å². The van der Waals surface area contributed by atoms with E-state index in [0.717, 1.165) is 0 Å². The first kappa shape index (κ1) is 17.0. The molecule has 0 unspecified atom stereocenters. The molecule has 2 aromatic heterocycles. The summed E-state index contributed by atoms with van der Waals surface area (Å²) in [4.78, 5) is 36.2. The largest absolute Gasteiger partial charge is 0.355 e. The van der Waals surface area contributed by atoms with Gasteiger partial charge in [0.1, 0.15) is 0 Å². The predicted molar refractivity (Wildman–Crippen MR) is 96.9 cm³/mol. The van der Waals surface area contributed by atoms with Gasteiger partial charge in [0.15, 0.2) is 0 Å². The van der Waals surface area contributed by atoms with E-state index < -0.39 is 0 Å². The number of pyridine rings is 1. The highest BCUT2D eigenvalue weighted by Gasteiger charge is 2.17. The number of aryl methyl sites for hydroxylation is 1. The summed E-state index contributed by atoms with van der Waals surface area (Å²) in [6, 6.07) is 8.32. The number of H-pyrrole nitrogens is 1. The lowest BCUT2D eigenvalue weighted by molar-refractivity contribution is -0.118. The van der Waals surface area contributed by atoms with E-state index in [1.165, 1.54) is 22.2 Å². The van der Waals surface area contributed by atoms with Gasteiger partial charge in [0.2, 0.25) is 5.91 Å². The number of aromatic nitrogens is 3. The van der Waals surface area contributed by atoms with Crippen molar-refractivity contribution in [3.8, 4) is 11.3 Å². The van der Waals surface area contributed by atoms with Crippen LogP contribution in [0.15, 0.2) is 39.9 Å². The summed E-state index contributed by atoms with van der Waals surface area (Å²) in [5.41, 5.74) is 1.19. The maximum absolute atomic E-state index is 12.6. The Labute approximate surface area is 147 Å². The Morgan fingerprint density at radius 1 is 1.24 bits per heavy atom. The monoisotopic (exact) mass is 360 g/mol. The molecule has 8 heteroatoms. The standard InChI is InChI=1S/C17H17ClN4O3/c1-10(23)19-7-8-22-14(24)9-13-15(17(25)21(2)20-13)16(22)11-3-5-12(18)6-4-11/h3-6,9,20H,7-8H2,1-2H3,(H,19,23). The third-order valence-corrected chi connectivity index (χ3v) is 4.20. The van der Waals surface area contributed by atoms with Gasteiger partial charge in [-0.15, -0.1) is 0 Å². The minimum atomic E-state index is -0.260. The molecule has 0 saturated carbocycles. The summed E-state index contributed by atoms with van der Waals surface area (Å²) < 4.78 is 2.83. The van der Waals surface area contributed by atoms with Crippen molar-refractivity contribution in [1.29, 1.82) is 0 Å². The molecule has 0 spiro atoms. The number of fused-ring (bicyclic) bond motifs is 1. The number of carbonyl (C=O) groups excluding carboxylic acids is 1. The Bertz CT molecular complexity index is 1060. The molecular weight excluding hydrogens is 344 g/mol. The molecule has 1 amide bonds. The van der Waals surface area contributed by atoms with Gasteiger partial charge in [0.25, 0.3) is 11.1 Å². The molecule has 2 heterocycles. The van der Waals surface area contributed by atoms with Crippen molar-refractivity contribution in [3.63, 3.8) is 0 Å². The van der Waals surface area contributed by atoms with Crippen LogP contribution in [0.5, 0.6) is 0 Å². The number of nitrogens with zero attached hydrogens (tertiary/aromatic N) is 2. The fourth-order valence-corrected chi connectivity index (χ4v) is 2.95. The smallest absolute Gasteiger partial charge is 0.276 e. The van der Waals surface area contributed by atoms with Gasteiger partial charge in [-0.25, -0.2) is 0 Å². The van der Waals surface area contributed by atoms with Crippen LogP contribution in [0.2, 0.25) is 5.02 Å². The van der Waals surface area contributed by atoms with Crippen LogP contribution >= 0.6 is 11.6 Å². The van der Waals surface area contributed by atoms with Crippen molar-refractivity contribution >= 4 is 28.4 Å². The highest BCUT2D eigenvalue weighted by atomic mass is 35.5. The second-order valence-corrected chi connectivity index (χ2v) is 6.17. The molecule has 3 rings (SSSR count). The van der Waals surface area contributed by atoms with Gasteiger partial charge in [-0.1, -0.05) is 23.7 Å². The van der Waals surface area contributed by atoms with E-state index in [1.807, 2.05) is 0 Å². The van der Waals surface area contributed by atoms with E-state index in [9.17, 15) is 14.4 Å². The van der Waals surface area contributed by atoms with Crippen molar-refractivity contribution in [3.05, 3.63) is 56.1 Å². The number of aromatic amines is 1. The van der Waals surface area contributed by atoms with E-state index in [0.29, 0.717) is 27.2 Å². The Morgan fingerprint density at radius 2 is 1.92 bits per heavy atom. The number of hydrogen-bond acceptors (Lipinski definition) is 3. The molecule has 130 valence electrons. The average Bonchev–Trinajstić information content (AvgIpc) is 2.83. The highest BCUT2D eigenvalue weighted by Crippen LogP contribution is 2.25. The van der Waals surface area contributed by atoms with Crippen LogP contribution in [-0.4, -0.2) is 26.8 Å². The second kappa shape index (κ2) is 6.60. The van der Waals surface area contributed by atoms with Crippen LogP contribution in [0, 0.1) is 0 Å². The second-order valence-electron chi connectivity index (χ2n) is 5.74. The van der Waals surface area contributed by atoms with Crippen molar-refractivity contribution in [2.45, 2.75) is 13.5 Å². The first-order valence-corrected chi connectivity index (χ1v) is 8.09. The van der Waals surface area contributed by atoms with Gasteiger partial charge in [0.05, 0.1) is 16.6 Å². The minimum Gasteiger partial charge on any atom is -0.355 e. The van der Waals surface area contributed by atoms with Crippen molar-refractivity contribution in [1.82, 2.24) is 19.7 Å². The minimum absolute atomic E-state index is 0.181. The topological polar surface area (TPSA) is 88.9 Å². The fraction of sp³-hybridized carbons (Fsp3) is 0.235. The fourth-order valence-electron chi connectivity index (χ4n) is 2.82. The number of amides is 1. The van der Waals surface area contributed by atoms with Crippen LogP contribution < -0.4 is 16.4 Å². The SMILES string of the molecule is CC(=O)NCCn1c(-c2ccc(Cl)cc2)c2c(=O)n(C)[nH]c2cc1=O. The molecule has 0 radical (unpaired) electrons. The van der Waals surface area contributed by atoms with Crippen molar-refractivity contribution < 1.29 is 4.79 Å². The summed E-state index contributed by atoms with van der Waals surface area (Å²) in [6.45, 7) is 1.95. The number of benzene rings is 1. The summed E-state index contributed by atoms with van der Waals surface area (Å²) in [5.74, 6) is -0.181. The maximum Gasteiger partial charge on any atom is 0.276 e. The van der Waals surface area contributed by atoms with Gasteiger partial charge >= 0.3 is 0 Å². The van der Waals surface area contributed by atoms with E-state index in [2.05, 4.69) is 10.4 Å². The molecule has 0 atom stereocenters. The van der Waals surface area contributed by atoms with Crippen LogP contribution in [0.3, 0.4) is 0 Å². The van der Waals surface area contributed by atoms with Crippen LogP contribution in [0.25, 0.3) is 22.2 Å². The molecule has 0 saturated heterocycles. The normalized spacial score (nSPS) is 11.0. The molecule has 0 aliphatic rings. The van der Waals surface area contributed by atoms with Gasteiger partial charge in [0, 0.05) is 38.1 Å². The molecule has 25 heavy (non-hydrogen) atoms. The Kier molecular flexibility index (Phi) is 4.50. The molecular formula is C17H17ClN4O3. The lowest BCUT2D eigenvalue weighted by Gasteiger charge is -2.14. The number of carbonyl (C=O) groups is 1. The maximum atomic E-state index is 12.6. The summed E-state index contributed by atoms with van der Waals surface area (Å²) >= 11 is 5.95. The van der Waals surface area contributed by atoms with Crippen LogP contribution in [0.4, 0.5) is 0 Å². The summed E-state index contributed by atoms with van der Waals surface area (Å²) in [6.07, 6.45) is 0. The Morgan fingerprint density at radius 3 is 2.56 bits per heavy atom. The molecule has 0 aliphatic heterocycles. The Hall–Kier alpha value is -2.80. The van der Waals surface area contributed by atoms with E-state index in [1.54, 1.807) is 31.3 Å². The van der Waals surface area contributed by atoms with E-state index >= 15 is 0 Å². The zero-order chi connectivity index (χ0) is 18.1. The van der Waals surface area contributed by atoms with Gasteiger partial charge < -0.3 is 9.88 Å².